The van der Waals surface area contributed by atoms with E-state index < -0.39 is 29.4 Å². The van der Waals surface area contributed by atoms with Crippen LogP contribution in [0.15, 0.2) is 40.9 Å². The molecule has 6 heteroatoms. The topological polar surface area (TPSA) is 69.7 Å². The van der Waals surface area contributed by atoms with Gasteiger partial charge in [0.25, 0.3) is 5.79 Å². The van der Waals surface area contributed by atoms with E-state index in [1.165, 1.54) is 13.8 Å². The number of allylic oxidation sites excluding steroid dienone is 1. The fraction of sp³-hybridized carbons (Fsp3) is 0.312. The van der Waals surface area contributed by atoms with E-state index in [2.05, 4.69) is 22.5 Å². The first-order valence-electron chi connectivity index (χ1n) is 6.62. The molecule has 0 radical (unpaired) electrons. The third kappa shape index (κ3) is 3.62. The third-order valence-electron chi connectivity index (χ3n) is 3.11. The number of cyclic esters (lactones) is 2. The first-order valence-corrected chi connectivity index (χ1v) is 7.41. The van der Waals surface area contributed by atoms with Gasteiger partial charge in [0, 0.05) is 24.7 Å². The predicted molar refractivity (Wildman–Crippen MR) is 81.7 cm³/mol. The molecule has 0 amide bonds. The molecule has 22 heavy (non-hydrogen) atoms. The van der Waals surface area contributed by atoms with Crippen LogP contribution in [-0.2, 0) is 30.3 Å². The van der Waals surface area contributed by atoms with Crippen LogP contribution in [0.4, 0.5) is 0 Å². The fourth-order valence-electron chi connectivity index (χ4n) is 2.07. The Morgan fingerprint density at radius 3 is 2.18 bits per heavy atom. The van der Waals surface area contributed by atoms with Gasteiger partial charge in [-0.25, -0.2) is 0 Å². The zero-order valence-electron chi connectivity index (χ0n) is 12.2. The van der Waals surface area contributed by atoms with E-state index in [0.717, 1.165) is 10.0 Å². The lowest BCUT2D eigenvalue weighted by Gasteiger charge is -2.32. The number of hydrogen-bond donors (Lipinski definition) is 0. The maximum absolute atomic E-state index is 12.3. The summed E-state index contributed by atoms with van der Waals surface area (Å²) in [6, 6.07) is 7.31. The molecule has 0 aromatic heterocycles. The van der Waals surface area contributed by atoms with Gasteiger partial charge < -0.3 is 9.47 Å². The highest BCUT2D eigenvalue weighted by Gasteiger charge is 2.47. The first-order chi connectivity index (χ1) is 10.2. The Hall–Kier alpha value is -1.95. The SMILES string of the molecule is C=C(Cc1ccc(Br)cc1)C(=O)C1C(=O)OC(C)(C)OC1=O. The van der Waals surface area contributed by atoms with Gasteiger partial charge in [-0.1, -0.05) is 34.6 Å². The van der Waals surface area contributed by atoms with Crippen LogP contribution in [0.5, 0.6) is 0 Å². The van der Waals surface area contributed by atoms with Gasteiger partial charge >= 0.3 is 11.9 Å². The number of carbonyl (C=O) groups is 3. The number of rotatable bonds is 4. The molecule has 0 saturated carbocycles. The van der Waals surface area contributed by atoms with Crippen molar-refractivity contribution in [1.82, 2.24) is 0 Å². The maximum Gasteiger partial charge on any atom is 0.331 e. The summed E-state index contributed by atoms with van der Waals surface area (Å²) in [6.45, 7) is 6.54. The van der Waals surface area contributed by atoms with Crippen LogP contribution in [0, 0.1) is 5.92 Å². The quantitative estimate of drug-likeness (QED) is 0.465. The van der Waals surface area contributed by atoms with E-state index in [9.17, 15) is 14.4 Å². The van der Waals surface area contributed by atoms with Gasteiger partial charge in [-0.15, -0.1) is 0 Å². The Morgan fingerprint density at radius 2 is 1.68 bits per heavy atom. The Labute approximate surface area is 136 Å². The molecule has 1 aliphatic heterocycles. The summed E-state index contributed by atoms with van der Waals surface area (Å²) in [6.07, 6.45) is 0.243. The highest BCUT2D eigenvalue weighted by molar-refractivity contribution is 9.10. The molecule has 0 unspecified atom stereocenters. The van der Waals surface area contributed by atoms with Crippen LogP contribution >= 0.6 is 15.9 Å². The molecular formula is C16H15BrO5. The van der Waals surface area contributed by atoms with E-state index in [1.807, 2.05) is 24.3 Å². The summed E-state index contributed by atoms with van der Waals surface area (Å²) >= 11 is 3.32. The summed E-state index contributed by atoms with van der Waals surface area (Å²) in [7, 11) is 0. The molecule has 0 atom stereocenters. The van der Waals surface area contributed by atoms with E-state index in [-0.39, 0.29) is 12.0 Å². The van der Waals surface area contributed by atoms with Gasteiger partial charge in [0.1, 0.15) is 0 Å². The second kappa shape index (κ2) is 6.04. The zero-order chi connectivity index (χ0) is 16.5. The average molecular weight is 367 g/mol. The van der Waals surface area contributed by atoms with Crippen LogP contribution in [0.1, 0.15) is 19.4 Å². The van der Waals surface area contributed by atoms with Gasteiger partial charge in [-0.3, -0.25) is 14.4 Å². The lowest BCUT2D eigenvalue weighted by Crippen LogP contribution is -2.49. The van der Waals surface area contributed by atoms with Crippen LogP contribution in [0.3, 0.4) is 0 Å². The van der Waals surface area contributed by atoms with Crippen molar-refractivity contribution >= 4 is 33.7 Å². The van der Waals surface area contributed by atoms with E-state index >= 15 is 0 Å². The van der Waals surface area contributed by atoms with Gasteiger partial charge in [0.2, 0.25) is 5.92 Å². The van der Waals surface area contributed by atoms with Crippen LogP contribution in [-0.4, -0.2) is 23.5 Å². The molecule has 5 nitrogen and oxygen atoms in total. The monoisotopic (exact) mass is 366 g/mol. The normalized spacial score (nSPS) is 17.6. The molecule has 0 N–H and O–H groups in total. The molecule has 2 rings (SSSR count). The summed E-state index contributed by atoms with van der Waals surface area (Å²) in [5, 5.41) is 0. The number of benzene rings is 1. The lowest BCUT2D eigenvalue weighted by atomic mass is 9.93. The van der Waals surface area contributed by atoms with Crippen molar-refractivity contribution in [1.29, 1.82) is 0 Å². The number of esters is 2. The van der Waals surface area contributed by atoms with Gasteiger partial charge in [0.15, 0.2) is 5.78 Å². The smallest absolute Gasteiger partial charge is 0.331 e. The molecule has 116 valence electrons. The number of halogens is 1. The molecule has 1 aromatic rings. The summed E-state index contributed by atoms with van der Waals surface area (Å²) in [5.41, 5.74) is 1.00. The summed E-state index contributed by atoms with van der Waals surface area (Å²) < 4.78 is 10.8. The molecule has 1 saturated heterocycles. The second-order valence-corrected chi connectivity index (χ2v) is 6.36. The first kappa shape index (κ1) is 16.4. The number of ether oxygens (including phenoxy) is 2. The van der Waals surface area contributed by atoms with Crippen molar-refractivity contribution in [2.45, 2.75) is 26.1 Å². The van der Waals surface area contributed by atoms with Crippen LogP contribution in [0.25, 0.3) is 0 Å². The van der Waals surface area contributed by atoms with E-state index in [0.29, 0.717) is 0 Å². The highest BCUT2D eigenvalue weighted by Crippen LogP contribution is 2.26. The highest BCUT2D eigenvalue weighted by atomic mass is 79.9. The number of carbonyl (C=O) groups excluding carboxylic acids is 3. The Balaban J connectivity index is 2.10. The Morgan fingerprint density at radius 1 is 1.18 bits per heavy atom. The molecule has 0 spiro atoms. The number of Topliss-reactive ketones (excluding diaryl/α,β-unsaturated/α-hetero) is 1. The van der Waals surface area contributed by atoms with E-state index in [1.54, 1.807) is 0 Å². The van der Waals surface area contributed by atoms with Crippen LogP contribution in [0.2, 0.25) is 0 Å². The van der Waals surface area contributed by atoms with Crippen LogP contribution < -0.4 is 0 Å². The van der Waals surface area contributed by atoms with Gasteiger partial charge in [-0.2, -0.15) is 0 Å². The summed E-state index contributed by atoms with van der Waals surface area (Å²) in [4.78, 5) is 36.0. The third-order valence-corrected chi connectivity index (χ3v) is 3.63. The second-order valence-electron chi connectivity index (χ2n) is 5.45. The minimum atomic E-state index is -1.59. The molecule has 1 aromatic carbocycles. The standard InChI is InChI=1S/C16H15BrO5/c1-9(8-10-4-6-11(17)7-5-10)13(18)12-14(19)21-16(2,3)22-15(12)20/h4-7,12H,1,8H2,2-3H3. The minimum absolute atomic E-state index is 0.154. The molecule has 0 aliphatic carbocycles. The largest absolute Gasteiger partial charge is 0.422 e. The molecular weight excluding hydrogens is 352 g/mol. The van der Waals surface area contributed by atoms with Crippen molar-refractivity contribution < 1.29 is 23.9 Å². The zero-order valence-corrected chi connectivity index (χ0v) is 13.8. The van der Waals surface area contributed by atoms with Crippen molar-refractivity contribution in [3.8, 4) is 0 Å². The summed E-state index contributed by atoms with van der Waals surface area (Å²) in [5.74, 6) is -5.41. The van der Waals surface area contributed by atoms with E-state index in [4.69, 9.17) is 9.47 Å². The Bertz CT molecular complexity index is 625. The molecule has 1 aliphatic rings. The van der Waals surface area contributed by atoms with Crippen molar-refractivity contribution in [2.24, 2.45) is 5.92 Å². The average Bonchev–Trinajstić information content (AvgIpc) is 2.38. The van der Waals surface area contributed by atoms with Crippen molar-refractivity contribution in [2.75, 3.05) is 0 Å². The number of ketones is 1. The molecule has 0 bridgehead atoms. The maximum atomic E-state index is 12.3. The molecule has 1 heterocycles. The lowest BCUT2D eigenvalue weighted by molar-refractivity contribution is -0.238. The predicted octanol–water partition coefficient (Wildman–Crippen LogP) is 2.57. The molecule has 1 fully saturated rings. The Kier molecular flexibility index (Phi) is 4.51. The van der Waals surface area contributed by atoms with Gasteiger partial charge in [0.05, 0.1) is 0 Å². The minimum Gasteiger partial charge on any atom is -0.422 e. The van der Waals surface area contributed by atoms with Crippen molar-refractivity contribution in [3.63, 3.8) is 0 Å². The van der Waals surface area contributed by atoms with Crippen molar-refractivity contribution in [3.05, 3.63) is 46.5 Å². The number of hydrogen-bond acceptors (Lipinski definition) is 5. The van der Waals surface area contributed by atoms with Gasteiger partial charge in [-0.05, 0) is 23.3 Å². The fourth-order valence-corrected chi connectivity index (χ4v) is 2.34.